The van der Waals surface area contributed by atoms with E-state index in [-0.39, 0.29) is 23.7 Å². The van der Waals surface area contributed by atoms with E-state index in [9.17, 15) is 9.59 Å². The summed E-state index contributed by atoms with van der Waals surface area (Å²) in [5.74, 6) is 0.524. The van der Waals surface area contributed by atoms with E-state index in [1.807, 2.05) is 7.05 Å². The van der Waals surface area contributed by atoms with Gasteiger partial charge in [0, 0.05) is 12.6 Å². The molecule has 0 radical (unpaired) electrons. The van der Waals surface area contributed by atoms with Crippen molar-refractivity contribution < 1.29 is 9.59 Å². The monoisotopic (exact) mass is 427 g/mol. The Morgan fingerprint density at radius 2 is 1.84 bits per heavy atom. The molecule has 0 bridgehead atoms. The standard InChI is InChI=1S/C26H41N3O2/c1-19(2)16-24(28-26(31)22-13-7-8-14-23(22)27-3)25(30)18-29-15-9-12-20-10-5-4-6-11-21(20)17-29/h5-6,10-11,19,22-24,27H,4,7-9,12-18H2,1-3H3,(H,28,31)/t22-,23+,24+/m1/s1. The summed E-state index contributed by atoms with van der Waals surface area (Å²) in [5.41, 5.74) is 2.74. The van der Waals surface area contributed by atoms with Gasteiger partial charge in [0.15, 0.2) is 5.78 Å². The molecule has 0 aromatic carbocycles. The van der Waals surface area contributed by atoms with Crippen molar-refractivity contribution in [2.75, 3.05) is 26.7 Å². The molecule has 3 atom stereocenters. The van der Waals surface area contributed by atoms with Crippen molar-refractivity contribution in [2.24, 2.45) is 11.8 Å². The average molecular weight is 428 g/mol. The van der Waals surface area contributed by atoms with Crippen LogP contribution in [0.5, 0.6) is 0 Å². The maximum atomic E-state index is 13.3. The number of carbonyl (C=O) groups is 2. The van der Waals surface area contributed by atoms with Gasteiger partial charge in [0.2, 0.25) is 5.91 Å². The third-order valence-corrected chi connectivity index (χ3v) is 6.90. The summed E-state index contributed by atoms with van der Waals surface area (Å²) in [5, 5.41) is 6.47. The molecule has 5 heteroatoms. The van der Waals surface area contributed by atoms with Crippen molar-refractivity contribution in [2.45, 2.75) is 77.3 Å². The molecule has 3 rings (SSSR count). The molecule has 1 heterocycles. The van der Waals surface area contributed by atoms with Crippen LogP contribution in [0.4, 0.5) is 0 Å². The van der Waals surface area contributed by atoms with E-state index in [1.165, 1.54) is 17.6 Å². The number of rotatable bonds is 8. The molecule has 5 nitrogen and oxygen atoms in total. The number of Topliss-reactive ketones (excluding diaryl/α,β-unsaturated/α-hetero) is 1. The van der Waals surface area contributed by atoms with Crippen LogP contribution in [0.1, 0.15) is 65.2 Å². The minimum Gasteiger partial charge on any atom is -0.346 e. The zero-order chi connectivity index (χ0) is 22.2. The summed E-state index contributed by atoms with van der Waals surface area (Å²) in [4.78, 5) is 28.7. The molecule has 1 saturated carbocycles. The number of nitrogens with zero attached hydrogens (tertiary/aromatic N) is 1. The first-order valence-corrected chi connectivity index (χ1v) is 12.3. The lowest BCUT2D eigenvalue weighted by Crippen LogP contribution is -2.52. The van der Waals surface area contributed by atoms with Crippen LogP contribution in [0.15, 0.2) is 35.5 Å². The molecule has 172 valence electrons. The number of allylic oxidation sites excluding steroid dienone is 4. The lowest BCUT2D eigenvalue weighted by molar-refractivity contribution is -0.132. The fraction of sp³-hybridized carbons (Fsp3) is 0.692. The Hall–Kier alpha value is -1.72. The second kappa shape index (κ2) is 11.8. The highest BCUT2D eigenvalue weighted by atomic mass is 16.2. The molecule has 3 aliphatic rings. The fourth-order valence-corrected chi connectivity index (χ4v) is 5.20. The van der Waals surface area contributed by atoms with Gasteiger partial charge in [0.1, 0.15) is 0 Å². The lowest BCUT2D eigenvalue weighted by Gasteiger charge is -2.32. The number of hydrogen-bond acceptors (Lipinski definition) is 4. The maximum Gasteiger partial charge on any atom is 0.225 e. The summed E-state index contributed by atoms with van der Waals surface area (Å²) < 4.78 is 0. The molecule has 31 heavy (non-hydrogen) atoms. The number of carbonyl (C=O) groups excluding carboxylic acids is 2. The molecule has 0 aromatic heterocycles. The number of amides is 1. The SMILES string of the molecule is CN[C@H]1CCCC[C@H]1C(=O)N[C@@H](CC(C)C)C(=O)CN1CCCC2=C(C=CCC=C2)C1. The van der Waals surface area contributed by atoms with Crippen molar-refractivity contribution >= 4 is 11.7 Å². The molecule has 0 spiro atoms. The lowest BCUT2D eigenvalue weighted by atomic mass is 9.83. The molecule has 0 saturated heterocycles. The van der Waals surface area contributed by atoms with Gasteiger partial charge in [0.25, 0.3) is 0 Å². The van der Waals surface area contributed by atoms with Gasteiger partial charge < -0.3 is 10.6 Å². The average Bonchev–Trinajstić information content (AvgIpc) is 3.08. The van der Waals surface area contributed by atoms with Crippen LogP contribution in [-0.4, -0.2) is 55.4 Å². The third kappa shape index (κ3) is 6.88. The molecule has 2 N–H and O–H groups in total. The summed E-state index contributed by atoms with van der Waals surface area (Å²) in [7, 11) is 1.94. The van der Waals surface area contributed by atoms with Crippen LogP contribution in [-0.2, 0) is 9.59 Å². The van der Waals surface area contributed by atoms with E-state index in [1.54, 1.807) is 0 Å². The van der Waals surface area contributed by atoms with Crippen LogP contribution in [0, 0.1) is 11.8 Å². The molecular formula is C26H41N3O2. The third-order valence-electron chi connectivity index (χ3n) is 6.90. The Morgan fingerprint density at radius 3 is 2.58 bits per heavy atom. The van der Waals surface area contributed by atoms with Crippen LogP contribution >= 0.6 is 0 Å². The molecular weight excluding hydrogens is 386 g/mol. The van der Waals surface area contributed by atoms with E-state index in [4.69, 9.17) is 0 Å². The molecule has 2 aliphatic carbocycles. The fourth-order valence-electron chi connectivity index (χ4n) is 5.20. The Bertz CT molecular complexity index is 722. The van der Waals surface area contributed by atoms with Crippen LogP contribution in [0.2, 0.25) is 0 Å². The van der Waals surface area contributed by atoms with Gasteiger partial charge in [0.05, 0.1) is 18.5 Å². The Morgan fingerprint density at radius 1 is 1.10 bits per heavy atom. The first-order chi connectivity index (χ1) is 15.0. The zero-order valence-corrected chi connectivity index (χ0v) is 19.7. The predicted octanol–water partition coefficient (Wildman–Crippen LogP) is 3.77. The van der Waals surface area contributed by atoms with Gasteiger partial charge in [-0.05, 0) is 69.2 Å². The van der Waals surface area contributed by atoms with Gasteiger partial charge in [-0.25, -0.2) is 0 Å². The summed E-state index contributed by atoms with van der Waals surface area (Å²) in [6, 6.07) is -0.178. The second-order valence-corrected chi connectivity index (χ2v) is 9.85. The second-order valence-electron chi connectivity index (χ2n) is 9.85. The minimum atomic E-state index is -0.395. The van der Waals surface area contributed by atoms with Crippen LogP contribution in [0.3, 0.4) is 0 Å². The van der Waals surface area contributed by atoms with Crippen molar-refractivity contribution in [1.82, 2.24) is 15.5 Å². The molecule has 1 fully saturated rings. The zero-order valence-electron chi connectivity index (χ0n) is 19.7. The molecule has 1 amide bonds. The maximum absolute atomic E-state index is 13.3. The Labute approximate surface area is 188 Å². The van der Waals surface area contributed by atoms with Crippen LogP contribution in [0.25, 0.3) is 0 Å². The van der Waals surface area contributed by atoms with E-state index in [0.29, 0.717) is 18.9 Å². The smallest absolute Gasteiger partial charge is 0.225 e. The number of hydrogen-bond donors (Lipinski definition) is 2. The highest BCUT2D eigenvalue weighted by molar-refractivity contribution is 5.91. The van der Waals surface area contributed by atoms with E-state index in [0.717, 1.165) is 51.6 Å². The van der Waals surface area contributed by atoms with E-state index in [2.05, 4.69) is 53.7 Å². The largest absolute Gasteiger partial charge is 0.346 e. The predicted molar refractivity (Wildman–Crippen MR) is 127 cm³/mol. The van der Waals surface area contributed by atoms with E-state index < -0.39 is 6.04 Å². The Balaban J connectivity index is 1.64. The number of nitrogens with one attached hydrogen (secondary N) is 2. The van der Waals surface area contributed by atoms with Crippen molar-refractivity contribution in [3.05, 3.63) is 35.5 Å². The first-order valence-electron chi connectivity index (χ1n) is 12.3. The number of ketones is 1. The molecule has 0 unspecified atom stereocenters. The first kappa shape index (κ1) is 23.9. The molecule has 0 aromatic rings. The van der Waals surface area contributed by atoms with Gasteiger partial charge in [-0.15, -0.1) is 0 Å². The van der Waals surface area contributed by atoms with Gasteiger partial charge in [-0.1, -0.05) is 51.0 Å². The minimum absolute atomic E-state index is 0.0324. The summed E-state index contributed by atoms with van der Waals surface area (Å²) in [6.07, 6.45) is 16.9. The summed E-state index contributed by atoms with van der Waals surface area (Å²) in [6.45, 7) is 6.39. The highest BCUT2D eigenvalue weighted by Gasteiger charge is 2.33. The van der Waals surface area contributed by atoms with Crippen molar-refractivity contribution in [3.8, 4) is 0 Å². The van der Waals surface area contributed by atoms with Gasteiger partial charge in [-0.2, -0.15) is 0 Å². The summed E-state index contributed by atoms with van der Waals surface area (Å²) >= 11 is 0. The van der Waals surface area contributed by atoms with Gasteiger partial charge >= 0.3 is 0 Å². The quantitative estimate of drug-likeness (QED) is 0.619. The normalized spacial score (nSPS) is 25.7. The topological polar surface area (TPSA) is 61.4 Å². The highest BCUT2D eigenvalue weighted by Crippen LogP contribution is 2.25. The molecule has 1 aliphatic heterocycles. The van der Waals surface area contributed by atoms with Gasteiger partial charge in [-0.3, -0.25) is 14.5 Å². The van der Waals surface area contributed by atoms with E-state index >= 15 is 0 Å². The Kier molecular flexibility index (Phi) is 9.09. The van der Waals surface area contributed by atoms with Crippen molar-refractivity contribution in [1.29, 1.82) is 0 Å². The van der Waals surface area contributed by atoms with Crippen LogP contribution < -0.4 is 10.6 Å². The van der Waals surface area contributed by atoms with Crippen molar-refractivity contribution in [3.63, 3.8) is 0 Å².